The zero-order valence-corrected chi connectivity index (χ0v) is 11.2. The van der Waals surface area contributed by atoms with Gasteiger partial charge in [-0.3, -0.25) is 0 Å². The molecular weight excluding hydrogens is 283 g/mol. The molecule has 2 aliphatic rings. The van der Waals surface area contributed by atoms with E-state index in [-0.39, 0.29) is 5.78 Å². The molecule has 3 heterocycles. The summed E-state index contributed by atoms with van der Waals surface area (Å²) >= 11 is 0. The number of aromatic nitrogens is 4. The van der Waals surface area contributed by atoms with Gasteiger partial charge in [-0.05, 0) is 24.7 Å². The SMILES string of the molecule is FC(F)(F)c1cc(N2C[C@H]3CCC[C@H]3C2)n2ncnc2n1. The average Bonchev–Trinajstić information content (AvgIpc) is 3.11. The van der Waals surface area contributed by atoms with E-state index in [9.17, 15) is 13.2 Å². The maximum absolute atomic E-state index is 13.0. The Labute approximate surface area is 118 Å². The van der Waals surface area contributed by atoms with Gasteiger partial charge in [-0.2, -0.15) is 27.8 Å². The minimum Gasteiger partial charge on any atom is -0.356 e. The van der Waals surface area contributed by atoms with Gasteiger partial charge in [-0.25, -0.2) is 4.98 Å². The molecule has 4 rings (SSSR count). The molecule has 1 saturated heterocycles. The Kier molecular flexibility index (Phi) is 2.64. The van der Waals surface area contributed by atoms with Crippen LogP contribution in [-0.2, 0) is 6.18 Å². The molecule has 0 aromatic carbocycles. The van der Waals surface area contributed by atoms with Crippen molar-refractivity contribution in [3.63, 3.8) is 0 Å². The molecule has 2 atom stereocenters. The maximum atomic E-state index is 13.0. The van der Waals surface area contributed by atoms with Crippen LogP contribution < -0.4 is 4.90 Å². The Bertz CT molecular complexity index is 668. The first-order valence-corrected chi connectivity index (χ1v) is 7.05. The van der Waals surface area contributed by atoms with Crippen molar-refractivity contribution in [3.05, 3.63) is 18.1 Å². The molecule has 0 amide bonds. The van der Waals surface area contributed by atoms with Crippen molar-refractivity contribution < 1.29 is 13.2 Å². The third-order valence-electron chi connectivity index (χ3n) is 4.57. The van der Waals surface area contributed by atoms with Crippen LogP contribution in [0.15, 0.2) is 12.4 Å². The van der Waals surface area contributed by atoms with Crippen molar-refractivity contribution in [1.82, 2.24) is 19.6 Å². The number of halogens is 3. The molecule has 0 spiro atoms. The lowest BCUT2D eigenvalue weighted by molar-refractivity contribution is -0.141. The first-order chi connectivity index (χ1) is 10.0. The molecular formula is C13H14F3N5. The van der Waals surface area contributed by atoms with E-state index in [4.69, 9.17) is 0 Å². The van der Waals surface area contributed by atoms with Gasteiger partial charge in [0, 0.05) is 19.2 Å². The van der Waals surface area contributed by atoms with Gasteiger partial charge >= 0.3 is 6.18 Å². The summed E-state index contributed by atoms with van der Waals surface area (Å²) in [6.07, 6.45) is 0.324. The normalized spacial score (nSPS) is 25.8. The summed E-state index contributed by atoms with van der Waals surface area (Å²) in [6.45, 7) is 1.59. The number of hydrogen-bond donors (Lipinski definition) is 0. The lowest BCUT2D eigenvalue weighted by Gasteiger charge is -2.21. The Hall–Kier alpha value is -1.86. The van der Waals surface area contributed by atoms with Crippen LogP contribution >= 0.6 is 0 Å². The largest absolute Gasteiger partial charge is 0.433 e. The van der Waals surface area contributed by atoms with Crippen molar-refractivity contribution in [3.8, 4) is 0 Å². The van der Waals surface area contributed by atoms with E-state index in [2.05, 4.69) is 15.1 Å². The van der Waals surface area contributed by atoms with Gasteiger partial charge in [0.2, 0.25) is 0 Å². The molecule has 1 aliphatic heterocycles. The highest BCUT2D eigenvalue weighted by Gasteiger charge is 2.39. The van der Waals surface area contributed by atoms with Gasteiger partial charge in [0.1, 0.15) is 12.1 Å². The molecule has 2 fully saturated rings. The molecule has 2 aromatic heterocycles. The summed E-state index contributed by atoms with van der Waals surface area (Å²) in [5, 5.41) is 4.01. The van der Waals surface area contributed by atoms with Gasteiger partial charge in [0.05, 0.1) is 0 Å². The van der Waals surface area contributed by atoms with Crippen molar-refractivity contribution in [2.75, 3.05) is 18.0 Å². The zero-order valence-electron chi connectivity index (χ0n) is 11.2. The highest BCUT2D eigenvalue weighted by Crippen LogP contribution is 2.40. The van der Waals surface area contributed by atoms with E-state index in [0.717, 1.165) is 19.2 Å². The van der Waals surface area contributed by atoms with E-state index in [1.165, 1.54) is 30.1 Å². The van der Waals surface area contributed by atoms with Crippen molar-refractivity contribution in [2.24, 2.45) is 11.8 Å². The topological polar surface area (TPSA) is 46.3 Å². The van der Waals surface area contributed by atoms with Gasteiger partial charge in [-0.1, -0.05) is 6.42 Å². The van der Waals surface area contributed by atoms with E-state index < -0.39 is 11.9 Å². The molecule has 2 aromatic rings. The molecule has 0 N–H and O–H groups in total. The predicted octanol–water partition coefficient (Wildman–Crippen LogP) is 2.38. The molecule has 0 unspecified atom stereocenters. The van der Waals surface area contributed by atoms with Crippen LogP contribution in [0.25, 0.3) is 5.78 Å². The second-order valence-corrected chi connectivity index (χ2v) is 5.83. The predicted molar refractivity (Wildman–Crippen MR) is 68.8 cm³/mol. The lowest BCUT2D eigenvalue weighted by Crippen LogP contribution is -2.25. The summed E-state index contributed by atoms with van der Waals surface area (Å²) in [5.74, 6) is 1.62. The summed E-state index contributed by atoms with van der Waals surface area (Å²) in [6, 6.07) is 1.09. The van der Waals surface area contributed by atoms with Gasteiger partial charge in [-0.15, -0.1) is 0 Å². The highest BCUT2D eigenvalue weighted by molar-refractivity contribution is 5.49. The summed E-state index contributed by atoms with van der Waals surface area (Å²) in [5.41, 5.74) is -0.907. The fourth-order valence-electron chi connectivity index (χ4n) is 3.59. The van der Waals surface area contributed by atoms with E-state index in [1.54, 1.807) is 0 Å². The van der Waals surface area contributed by atoms with E-state index in [0.29, 0.717) is 17.7 Å². The summed E-state index contributed by atoms with van der Waals surface area (Å²) in [4.78, 5) is 9.35. The Morgan fingerprint density at radius 1 is 1.14 bits per heavy atom. The van der Waals surface area contributed by atoms with E-state index >= 15 is 0 Å². The highest BCUT2D eigenvalue weighted by atomic mass is 19.4. The summed E-state index contributed by atoms with van der Waals surface area (Å²) < 4.78 is 40.3. The number of fused-ring (bicyclic) bond motifs is 2. The fourth-order valence-corrected chi connectivity index (χ4v) is 3.59. The third-order valence-corrected chi connectivity index (χ3v) is 4.57. The number of alkyl halides is 3. The van der Waals surface area contributed by atoms with Crippen molar-refractivity contribution >= 4 is 11.6 Å². The number of hydrogen-bond acceptors (Lipinski definition) is 4. The maximum Gasteiger partial charge on any atom is 0.433 e. The number of nitrogens with zero attached hydrogens (tertiary/aromatic N) is 5. The van der Waals surface area contributed by atoms with Crippen LogP contribution in [-0.4, -0.2) is 32.7 Å². The van der Waals surface area contributed by atoms with Crippen LogP contribution in [0.3, 0.4) is 0 Å². The second kappa shape index (κ2) is 4.32. The van der Waals surface area contributed by atoms with Gasteiger partial charge in [0.25, 0.3) is 5.78 Å². The fraction of sp³-hybridized carbons (Fsp3) is 0.615. The van der Waals surface area contributed by atoms with Crippen molar-refractivity contribution in [1.29, 1.82) is 0 Å². The van der Waals surface area contributed by atoms with Crippen LogP contribution in [0, 0.1) is 11.8 Å². The van der Waals surface area contributed by atoms with Crippen molar-refractivity contribution in [2.45, 2.75) is 25.4 Å². The standard InChI is InChI=1S/C13H14F3N5/c14-13(15,16)10-4-11(21-12(19-10)17-7-18-21)20-5-8-2-1-3-9(8)6-20/h4,7-9H,1-3,5-6H2/t8-,9+. The van der Waals surface area contributed by atoms with Crippen LogP contribution in [0.5, 0.6) is 0 Å². The van der Waals surface area contributed by atoms with Crippen LogP contribution in [0.1, 0.15) is 25.0 Å². The second-order valence-electron chi connectivity index (χ2n) is 5.83. The van der Waals surface area contributed by atoms with Gasteiger partial charge < -0.3 is 4.90 Å². The molecule has 1 aliphatic carbocycles. The number of anilines is 1. The average molecular weight is 297 g/mol. The molecule has 1 saturated carbocycles. The molecule has 112 valence electrons. The van der Waals surface area contributed by atoms with E-state index in [1.807, 2.05) is 4.90 Å². The van der Waals surface area contributed by atoms with Crippen LogP contribution in [0.2, 0.25) is 0 Å². The minimum atomic E-state index is -4.47. The smallest absolute Gasteiger partial charge is 0.356 e. The quantitative estimate of drug-likeness (QED) is 0.811. The Balaban J connectivity index is 1.78. The van der Waals surface area contributed by atoms with Gasteiger partial charge in [0.15, 0.2) is 5.69 Å². The Morgan fingerprint density at radius 3 is 2.52 bits per heavy atom. The molecule has 21 heavy (non-hydrogen) atoms. The first-order valence-electron chi connectivity index (χ1n) is 7.05. The zero-order chi connectivity index (χ0) is 14.6. The molecule has 8 heteroatoms. The first kappa shape index (κ1) is 12.8. The lowest BCUT2D eigenvalue weighted by atomic mass is 10.0. The minimum absolute atomic E-state index is 0.00288. The van der Waals surface area contributed by atoms with Crippen LogP contribution in [0.4, 0.5) is 19.0 Å². The number of rotatable bonds is 1. The molecule has 0 bridgehead atoms. The molecule has 0 radical (unpaired) electrons. The summed E-state index contributed by atoms with van der Waals surface area (Å²) in [7, 11) is 0. The Morgan fingerprint density at radius 2 is 1.86 bits per heavy atom. The third kappa shape index (κ3) is 2.04. The monoisotopic (exact) mass is 297 g/mol. The molecule has 5 nitrogen and oxygen atoms in total.